The number of carbonyl (C=O) groups excluding carboxylic acids is 2. The second kappa shape index (κ2) is 6.67. The number of ether oxygens (including phenoxy) is 1. The van der Waals surface area contributed by atoms with E-state index in [2.05, 4.69) is 17.1 Å². The van der Waals surface area contributed by atoms with Crippen LogP contribution < -0.4 is 15.1 Å². The minimum absolute atomic E-state index is 0.149. The number of hydrogen-bond acceptors (Lipinski definition) is 4. The maximum Gasteiger partial charge on any atom is 0.414 e. The van der Waals surface area contributed by atoms with Crippen LogP contribution in [0.5, 0.6) is 0 Å². The van der Waals surface area contributed by atoms with E-state index in [1.807, 2.05) is 18.2 Å². The summed E-state index contributed by atoms with van der Waals surface area (Å²) < 4.78 is 18.0. The van der Waals surface area contributed by atoms with Crippen molar-refractivity contribution in [2.75, 3.05) is 36.1 Å². The van der Waals surface area contributed by atoms with Gasteiger partial charge in [-0.15, -0.1) is 0 Å². The lowest BCUT2D eigenvalue weighted by Gasteiger charge is -2.23. The number of rotatable bonds is 5. The highest BCUT2D eigenvalue weighted by Gasteiger charge is 2.34. The first-order chi connectivity index (χ1) is 11.5. The third-order valence-electron chi connectivity index (χ3n) is 4.51. The lowest BCUT2D eigenvalue weighted by molar-refractivity contribution is -0.119. The zero-order valence-corrected chi connectivity index (χ0v) is 13.9. The van der Waals surface area contributed by atoms with Crippen molar-refractivity contribution in [3.63, 3.8) is 0 Å². The Labute approximate surface area is 140 Å². The molecule has 0 aliphatic carbocycles. The van der Waals surface area contributed by atoms with Crippen molar-refractivity contribution in [3.05, 3.63) is 23.8 Å². The molecule has 0 saturated carbocycles. The molecule has 2 heterocycles. The first kappa shape index (κ1) is 16.5. The maximum atomic E-state index is 12.7. The highest BCUT2D eigenvalue weighted by Crippen LogP contribution is 2.35. The molecule has 2 amide bonds. The number of hydrogen-bond donors (Lipinski definition) is 1. The summed E-state index contributed by atoms with van der Waals surface area (Å²) in [6.45, 7) is 4.22. The molecular weight excluding hydrogens is 313 g/mol. The van der Waals surface area contributed by atoms with Crippen LogP contribution in [-0.4, -0.2) is 50.5 Å². The molecule has 0 aromatic heterocycles. The summed E-state index contributed by atoms with van der Waals surface area (Å²) in [6.07, 6.45) is 0.0788. The van der Waals surface area contributed by atoms with Crippen molar-refractivity contribution in [2.24, 2.45) is 0 Å². The van der Waals surface area contributed by atoms with E-state index in [0.29, 0.717) is 19.6 Å². The van der Waals surface area contributed by atoms with Gasteiger partial charge in [-0.05, 0) is 37.1 Å². The molecule has 2 atom stereocenters. The van der Waals surface area contributed by atoms with Gasteiger partial charge < -0.3 is 15.0 Å². The van der Waals surface area contributed by atoms with Crippen LogP contribution in [-0.2, 0) is 16.0 Å². The van der Waals surface area contributed by atoms with Gasteiger partial charge in [-0.2, -0.15) is 0 Å². The van der Waals surface area contributed by atoms with E-state index in [1.165, 1.54) is 6.92 Å². The third kappa shape index (κ3) is 3.16. The molecule has 0 bridgehead atoms. The topological polar surface area (TPSA) is 61.9 Å². The third-order valence-corrected chi connectivity index (χ3v) is 4.51. The number of amides is 2. The molecule has 1 aromatic rings. The summed E-state index contributed by atoms with van der Waals surface area (Å²) in [4.78, 5) is 26.7. The van der Waals surface area contributed by atoms with Crippen LogP contribution in [0.2, 0.25) is 0 Å². The molecule has 6 nitrogen and oxygen atoms in total. The number of alkyl halides is 1. The minimum atomic E-state index is -0.406. The maximum absolute atomic E-state index is 12.7. The van der Waals surface area contributed by atoms with Gasteiger partial charge >= 0.3 is 6.09 Å². The van der Waals surface area contributed by atoms with E-state index >= 15 is 0 Å². The average molecular weight is 335 g/mol. The molecule has 2 aliphatic heterocycles. The largest absolute Gasteiger partial charge is 0.442 e. The zero-order chi connectivity index (χ0) is 17.3. The van der Waals surface area contributed by atoms with Gasteiger partial charge in [0.15, 0.2) is 0 Å². The number of halogens is 1. The van der Waals surface area contributed by atoms with Gasteiger partial charge in [0.25, 0.3) is 0 Å². The number of carbonyl (C=O) groups is 2. The second-order valence-electron chi connectivity index (χ2n) is 6.30. The molecule has 1 unspecified atom stereocenters. The predicted octanol–water partition coefficient (Wildman–Crippen LogP) is 1.87. The van der Waals surface area contributed by atoms with Crippen molar-refractivity contribution < 1.29 is 18.7 Å². The second-order valence-corrected chi connectivity index (χ2v) is 6.30. The number of cyclic esters (lactones) is 1. The molecule has 1 N–H and O–H groups in total. The van der Waals surface area contributed by atoms with Crippen molar-refractivity contribution >= 4 is 23.4 Å². The average Bonchev–Trinajstić information content (AvgIpc) is 3.05. The van der Waals surface area contributed by atoms with Crippen molar-refractivity contribution in [2.45, 2.75) is 32.4 Å². The Morgan fingerprint density at radius 1 is 1.46 bits per heavy atom. The lowest BCUT2D eigenvalue weighted by atomic mass is 10.1. The number of benzene rings is 1. The van der Waals surface area contributed by atoms with Gasteiger partial charge in [0.2, 0.25) is 5.91 Å². The van der Waals surface area contributed by atoms with E-state index < -0.39 is 6.09 Å². The zero-order valence-electron chi connectivity index (χ0n) is 13.9. The first-order valence-corrected chi connectivity index (χ1v) is 8.17. The quantitative estimate of drug-likeness (QED) is 0.892. The lowest BCUT2D eigenvalue weighted by Crippen LogP contribution is -2.33. The summed E-state index contributed by atoms with van der Waals surface area (Å²) in [7, 11) is 0. The Bertz CT molecular complexity index is 652. The molecule has 7 heteroatoms. The van der Waals surface area contributed by atoms with Gasteiger partial charge in [-0.1, -0.05) is 0 Å². The summed E-state index contributed by atoms with van der Waals surface area (Å²) >= 11 is 0. The Hall–Kier alpha value is -2.31. The molecule has 1 fully saturated rings. The van der Waals surface area contributed by atoms with E-state index in [1.54, 1.807) is 4.90 Å². The summed E-state index contributed by atoms with van der Waals surface area (Å²) in [6, 6.07) is 6.04. The van der Waals surface area contributed by atoms with Crippen molar-refractivity contribution in [1.82, 2.24) is 5.32 Å². The molecule has 1 aromatic carbocycles. The van der Waals surface area contributed by atoms with E-state index in [0.717, 1.165) is 23.4 Å². The SMILES string of the molecule is CC(=O)NC[C@H]1CN(c2ccc3c(c2)CC(C)N3CCF)C(=O)O1. The molecule has 130 valence electrons. The Morgan fingerprint density at radius 3 is 2.96 bits per heavy atom. The molecule has 0 spiro atoms. The fourth-order valence-electron chi connectivity index (χ4n) is 3.38. The normalized spacial score (nSPS) is 22.5. The number of nitrogens with zero attached hydrogens (tertiary/aromatic N) is 2. The standard InChI is InChI=1S/C17H22FN3O3/c1-11-7-13-8-14(3-4-16(13)20(11)6-5-18)21-10-15(24-17(21)23)9-19-12(2)22/h3-4,8,11,15H,5-7,9-10H2,1-2H3,(H,19,22)/t11?,15-/m0/s1. The van der Waals surface area contributed by atoms with Crippen LogP contribution in [0.1, 0.15) is 19.4 Å². The number of anilines is 2. The molecule has 0 radical (unpaired) electrons. The fourth-order valence-corrected chi connectivity index (χ4v) is 3.38. The van der Waals surface area contributed by atoms with E-state index in [-0.39, 0.29) is 24.7 Å². The summed E-state index contributed by atoms with van der Waals surface area (Å²) in [5, 5.41) is 2.66. The molecule has 2 aliphatic rings. The Kier molecular flexibility index (Phi) is 4.59. The molecule has 24 heavy (non-hydrogen) atoms. The minimum Gasteiger partial charge on any atom is -0.442 e. The molecule has 3 rings (SSSR count). The van der Waals surface area contributed by atoms with Crippen LogP contribution >= 0.6 is 0 Å². The highest BCUT2D eigenvalue weighted by atomic mass is 19.1. The Balaban J connectivity index is 1.73. The van der Waals surface area contributed by atoms with Crippen LogP contribution in [0.4, 0.5) is 20.6 Å². The first-order valence-electron chi connectivity index (χ1n) is 8.17. The van der Waals surface area contributed by atoms with Crippen molar-refractivity contribution in [3.8, 4) is 0 Å². The monoisotopic (exact) mass is 335 g/mol. The smallest absolute Gasteiger partial charge is 0.414 e. The summed E-state index contributed by atoms with van der Waals surface area (Å²) in [5.41, 5.74) is 2.93. The van der Waals surface area contributed by atoms with Gasteiger partial charge in [0.05, 0.1) is 13.1 Å². The number of fused-ring (bicyclic) bond motifs is 1. The summed E-state index contributed by atoms with van der Waals surface area (Å²) in [5.74, 6) is -0.149. The van der Waals surface area contributed by atoms with E-state index in [9.17, 15) is 14.0 Å². The molecule has 1 saturated heterocycles. The van der Waals surface area contributed by atoms with Gasteiger partial charge in [0, 0.05) is 30.9 Å². The van der Waals surface area contributed by atoms with E-state index in [4.69, 9.17) is 4.74 Å². The van der Waals surface area contributed by atoms with Crippen LogP contribution in [0, 0.1) is 0 Å². The van der Waals surface area contributed by atoms with Gasteiger partial charge in [0.1, 0.15) is 12.8 Å². The predicted molar refractivity (Wildman–Crippen MR) is 89.2 cm³/mol. The van der Waals surface area contributed by atoms with Gasteiger partial charge in [-0.25, -0.2) is 9.18 Å². The van der Waals surface area contributed by atoms with Crippen LogP contribution in [0.3, 0.4) is 0 Å². The highest BCUT2D eigenvalue weighted by molar-refractivity contribution is 5.90. The van der Waals surface area contributed by atoms with Gasteiger partial charge in [-0.3, -0.25) is 9.69 Å². The van der Waals surface area contributed by atoms with Crippen molar-refractivity contribution in [1.29, 1.82) is 0 Å². The molecular formula is C17H22FN3O3. The fraction of sp³-hybridized carbons (Fsp3) is 0.529. The van der Waals surface area contributed by atoms with Crippen LogP contribution in [0.15, 0.2) is 18.2 Å². The Morgan fingerprint density at radius 2 is 2.25 bits per heavy atom. The van der Waals surface area contributed by atoms with Crippen LogP contribution in [0.25, 0.3) is 0 Å². The number of nitrogens with one attached hydrogen (secondary N) is 1.